The Labute approximate surface area is 170 Å². The van der Waals surface area contributed by atoms with Gasteiger partial charge < -0.3 is 9.47 Å². The molecule has 3 rings (SSSR count). The fourth-order valence-corrected chi connectivity index (χ4v) is 4.25. The highest BCUT2D eigenvalue weighted by Gasteiger charge is 2.46. The molecule has 1 fully saturated rings. The summed E-state index contributed by atoms with van der Waals surface area (Å²) < 4.78 is 11.1. The Morgan fingerprint density at radius 2 is 1.96 bits per heavy atom. The van der Waals surface area contributed by atoms with Crippen molar-refractivity contribution in [1.29, 1.82) is 0 Å². The summed E-state index contributed by atoms with van der Waals surface area (Å²) in [7, 11) is 0. The summed E-state index contributed by atoms with van der Waals surface area (Å²) >= 11 is 1.42. The van der Waals surface area contributed by atoms with E-state index in [9.17, 15) is 9.59 Å². The van der Waals surface area contributed by atoms with E-state index < -0.39 is 12.0 Å². The Morgan fingerprint density at radius 1 is 1.29 bits per heavy atom. The maximum atomic E-state index is 12.9. The molecule has 0 aliphatic carbocycles. The van der Waals surface area contributed by atoms with Crippen LogP contribution in [0.2, 0.25) is 0 Å². The summed E-state index contributed by atoms with van der Waals surface area (Å²) in [6.07, 6.45) is 0.667. The Kier molecular flexibility index (Phi) is 6.13. The third-order valence-corrected chi connectivity index (χ3v) is 5.54. The molecule has 1 aromatic rings. The first-order valence-corrected chi connectivity index (χ1v) is 10.4. The molecule has 0 bridgehead atoms. The van der Waals surface area contributed by atoms with E-state index >= 15 is 0 Å². The number of fused-ring (bicyclic) bond motifs is 1. The molecule has 2 heterocycles. The van der Waals surface area contributed by atoms with Crippen molar-refractivity contribution in [2.45, 2.75) is 58.4 Å². The summed E-state index contributed by atoms with van der Waals surface area (Å²) in [5.74, 6) is 0.268. The van der Waals surface area contributed by atoms with Crippen LogP contribution in [0, 0.1) is 0 Å². The van der Waals surface area contributed by atoms with E-state index in [4.69, 9.17) is 9.47 Å². The van der Waals surface area contributed by atoms with Gasteiger partial charge in [-0.2, -0.15) is 0 Å². The van der Waals surface area contributed by atoms with Gasteiger partial charge in [-0.15, -0.1) is 0 Å². The van der Waals surface area contributed by atoms with E-state index in [0.29, 0.717) is 23.0 Å². The number of benzene rings is 1. The zero-order chi connectivity index (χ0) is 20.4. The molecule has 0 N–H and O–H groups in total. The van der Waals surface area contributed by atoms with Gasteiger partial charge in [-0.05, 0) is 51.8 Å². The van der Waals surface area contributed by atoms with Crippen LogP contribution in [0.1, 0.15) is 52.6 Å². The number of nitrogens with zero attached hydrogens (tertiary/aromatic N) is 2. The average molecular weight is 403 g/mol. The number of amidine groups is 1. The van der Waals surface area contributed by atoms with Crippen molar-refractivity contribution < 1.29 is 19.1 Å². The predicted molar refractivity (Wildman–Crippen MR) is 110 cm³/mol. The number of carbonyl (C=O) groups excluding carboxylic acids is 2. The largest absolute Gasteiger partial charge is 0.494 e. The minimum Gasteiger partial charge on any atom is -0.494 e. The zero-order valence-corrected chi connectivity index (χ0v) is 17.7. The second kappa shape index (κ2) is 8.39. The first-order valence-electron chi connectivity index (χ1n) is 9.56. The summed E-state index contributed by atoms with van der Waals surface area (Å²) in [6, 6.07) is 6.98. The molecule has 2 aliphatic rings. The quantitative estimate of drug-likeness (QED) is 0.671. The molecule has 2 aliphatic heterocycles. The van der Waals surface area contributed by atoms with Crippen molar-refractivity contribution in [2.75, 3.05) is 6.61 Å². The van der Waals surface area contributed by atoms with Crippen LogP contribution in [-0.2, 0) is 14.3 Å². The second-order valence-corrected chi connectivity index (χ2v) is 8.44. The Hall–Kier alpha value is -2.28. The van der Waals surface area contributed by atoms with Gasteiger partial charge in [-0.25, -0.2) is 9.79 Å². The van der Waals surface area contributed by atoms with Crippen molar-refractivity contribution in [2.24, 2.45) is 4.99 Å². The number of allylic oxidation sites excluding steroid dienone is 1. The number of thioether (sulfide) groups is 1. The molecule has 1 saturated heterocycles. The fourth-order valence-electron chi connectivity index (χ4n) is 3.22. The number of carbonyl (C=O) groups is 2. The number of hydrogen-bond donors (Lipinski definition) is 0. The van der Waals surface area contributed by atoms with E-state index in [0.717, 1.165) is 17.7 Å². The molecule has 0 saturated carbocycles. The third kappa shape index (κ3) is 3.94. The summed E-state index contributed by atoms with van der Waals surface area (Å²) in [6.45, 7) is 9.95. The Morgan fingerprint density at radius 3 is 2.57 bits per heavy atom. The maximum Gasteiger partial charge on any atom is 0.338 e. The SMILES string of the molecule is CCCOc1ccc([C@H]2C(C(=O)OC(C)C)=C(C)N=C3S[C@H](C)C(=O)N32)cc1. The highest BCUT2D eigenvalue weighted by atomic mass is 32.2. The smallest absolute Gasteiger partial charge is 0.338 e. The minimum absolute atomic E-state index is 0.0533. The van der Waals surface area contributed by atoms with E-state index in [1.54, 1.807) is 25.7 Å². The Balaban J connectivity index is 2.03. The van der Waals surface area contributed by atoms with Crippen LogP contribution in [0.3, 0.4) is 0 Å². The van der Waals surface area contributed by atoms with Gasteiger partial charge >= 0.3 is 5.97 Å². The molecule has 1 aromatic carbocycles. The fraction of sp³-hybridized carbons (Fsp3) is 0.476. The molecule has 7 heteroatoms. The van der Waals surface area contributed by atoms with Crippen LogP contribution in [0.15, 0.2) is 40.5 Å². The molecular formula is C21H26N2O4S. The zero-order valence-electron chi connectivity index (χ0n) is 16.9. The maximum absolute atomic E-state index is 12.9. The lowest BCUT2D eigenvalue weighted by Gasteiger charge is -2.33. The van der Waals surface area contributed by atoms with Crippen LogP contribution in [-0.4, -0.2) is 39.9 Å². The predicted octanol–water partition coefficient (Wildman–Crippen LogP) is 4.08. The van der Waals surface area contributed by atoms with Crippen molar-refractivity contribution in [1.82, 2.24) is 4.90 Å². The van der Waals surface area contributed by atoms with E-state index in [-0.39, 0.29) is 17.3 Å². The van der Waals surface area contributed by atoms with Gasteiger partial charge in [-0.3, -0.25) is 9.69 Å². The van der Waals surface area contributed by atoms with E-state index in [2.05, 4.69) is 11.9 Å². The molecule has 0 unspecified atom stereocenters. The molecule has 6 nitrogen and oxygen atoms in total. The molecule has 0 radical (unpaired) electrons. The molecule has 0 spiro atoms. The van der Waals surface area contributed by atoms with Crippen molar-refractivity contribution in [3.8, 4) is 5.75 Å². The molecule has 150 valence electrons. The van der Waals surface area contributed by atoms with Crippen LogP contribution in [0.5, 0.6) is 5.75 Å². The van der Waals surface area contributed by atoms with E-state index in [1.165, 1.54) is 11.8 Å². The lowest BCUT2D eigenvalue weighted by Crippen LogP contribution is -2.40. The highest BCUT2D eigenvalue weighted by molar-refractivity contribution is 8.15. The number of rotatable bonds is 6. The van der Waals surface area contributed by atoms with Gasteiger partial charge in [0.1, 0.15) is 5.75 Å². The summed E-state index contributed by atoms with van der Waals surface area (Å²) in [5, 5.41) is 0.397. The standard InChI is InChI=1S/C21H26N2O4S/c1-6-11-26-16-9-7-15(8-10-16)18-17(20(25)27-12(2)3)13(4)22-21-23(18)19(24)14(5)28-21/h7-10,12,14,18H,6,11H2,1-5H3/t14-,18+/m1/s1. The molecule has 2 atom stereocenters. The van der Waals surface area contributed by atoms with Gasteiger partial charge in [0.2, 0.25) is 5.91 Å². The first kappa shape index (κ1) is 20.5. The second-order valence-electron chi connectivity index (χ2n) is 7.14. The molecule has 0 aromatic heterocycles. The lowest BCUT2D eigenvalue weighted by atomic mass is 9.94. The Bertz CT molecular complexity index is 829. The summed E-state index contributed by atoms with van der Waals surface area (Å²) in [4.78, 5) is 31.9. The van der Waals surface area contributed by atoms with Crippen molar-refractivity contribution in [3.05, 3.63) is 41.1 Å². The normalized spacial score (nSPS) is 21.7. The summed E-state index contributed by atoms with van der Waals surface area (Å²) in [5.41, 5.74) is 1.82. The van der Waals surface area contributed by atoms with E-state index in [1.807, 2.05) is 31.2 Å². The topological polar surface area (TPSA) is 68.2 Å². The number of aliphatic imine (C=N–C) groups is 1. The molecule has 28 heavy (non-hydrogen) atoms. The monoisotopic (exact) mass is 402 g/mol. The highest BCUT2D eigenvalue weighted by Crippen LogP contribution is 2.43. The van der Waals surface area contributed by atoms with Crippen LogP contribution >= 0.6 is 11.8 Å². The van der Waals surface area contributed by atoms with Crippen LogP contribution in [0.25, 0.3) is 0 Å². The first-order chi connectivity index (χ1) is 13.3. The van der Waals surface area contributed by atoms with Gasteiger partial charge in [0.15, 0.2) is 5.17 Å². The molecular weight excluding hydrogens is 376 g/mol. The number of ether oxygens (including phenoxy) is 2. The molecule has 1 amide bonds. The number of esters is 1. The number of hydrogen-bond acceptors (Lipinski definition) is 6. The van der Waals surface area contributed by atoms with Gasteiger partial charge in [0.05, 0.1) is 35.3 Å². The third-order valence-electron chi connectivity index (χ3n) is 4.49. The van der Waals surface area contributed by atoms with Gasteiger partial charge in [0.25, 0.3) is 0 Å². The average Bonchev–Trinajstić information content (AvgIpc) is 2.92. The lowest BCUT2D eigenvalue weighted by molar-refractivity contribution is -0.143. The van der Waals surface area contributed by atoms with Crippen LogP contribution < -0.4 is 4.74 Å². The van der Waals surface area contributed by atoms with Crippen molar-refractivity contribution in [3.63, 3.8) is 0 Å². The number of amides is 1. The van der Waals surface area contributed by atoms with Crippen LogP contribution in [0.4, 0.5) is 0 Å². The van der Waals surface area contributed by atoms with Gasteiger partial charge in [-0.1, -0.05) is 30.8 Å². The minimum atomic E-state index is -0.552. The van der Waals surface area contributed by atoms with Crippen molar-refractivity contribution >= 4 is 28.8 Å². The van der Waals surface area contributed by atoms with Gasteiger partial charge in [0, 0.05) is 0 Å².